The third kappa shape index (κ3) is 5.60. The zero-order chi connectivity index (χ0) is 21.8. The van der Waals surface area contributed by atoms with Crippen molar-refractivity contribution in [2.75, 3.05) is 36.5 Å². The molecule has 0 radical (unpaired) electrons. The van der Waals surface area contributed by atoms with Crippen LogP contribution in [0.1, 0.15) is 5.56 Å². The molecule has 1 fully saturated rings. The topological polar surface area (TPSA) is 114 Å². The molecule has 13 heteroatoms. The number of morpholine rings is 1. The van der Waals surface area contributed by atoms with Crippen molar-refractivity contribution in [1.82, 2.24) is 5.32 Å². The molecule has 2 rings (SSSR count). The van der Waals surface area contributed by atoms with Gasteiger partial charge in [0.05, 0.1) is 17.9 Å². The van der Waals surface area contributed by atoms with Crippen molar-refractivity contribution in [1.29, 1.82) is 0 Å². The predicted octanol–water partition coefficient (Wildman–Crippen LogP) is 0.716. The second-order valence-corrected chi connectivity index (χ2v) is 5.91. The normalized spacial score (nSPS) is 16.0. The van der Waals surface area contributed by atoms with Crippen molar-refractivity contribution in [3.05, 3.63) is 23.8 Å². The van der Waals surface area contributed by atoms with Gasteiger partial charge < -0.3 is 26.0 Å². The number of carbonyl (C=O) groups is 3. The Bertz CT molecular complexity index is 787. The number of ether oxygens (including phenoxy) is 1. The summed E-state index contributed by atoms with van der Waals surface area (Å²) in [5.41, 5.74) is 3.33. The van der Waals surface area contributed by atoms with E-state index in [-0.39, 0.29) is 25.4 Å². The number of carbonyl (C=O) groups excluding carboxylic acids is 3. The highest BCUT2D eigenvalue weighted by atomic mass is 19.4. The quantitative estimate of drug-likeness (QED) is 0.583. The van der Waals surface area contributed by atoms with Gasteiger partial charge in [-0.1, -0.05) is 0 Å². The summed E-state index contributed by atoms with van der Waals surface area (Å²) in [5, 5.41) is 3.77. The first-order chi connectivity index (χ1) is 13.5. The van der Waals surface area contributed by atoms with E-state index in [1.165, 1.54) is 0 Å². The van der Waals surface area contributed by atoms with Gasteiger partial charge in [0.25, 0.3) is 11.8 Å². The van der Waals surface area contributed by atoms with Gasteiger partial charge in [-0.25, -0.2) is 0 Å². The second-order valence-electron chi connectivity index (χ2n) is 5.91. The lowest BCUT2D eigenvalue weighted by atomic mass is 10.1. The summed E-state index contributed by atoms with van der Waals surface area (Å²) in [6.07, 6.45) is -8.25. The molecule has 4 N–H and O–H groups in total. The lowest BCUT2D eigenvalue weighted by Gasteiger charge is -2.29. The fourth-order valence-electron chi connectivity index (χ4n) is 2.54. The van der Waals surface area contributed by atoms with Crippen molar-refractivity contribution < 1.29 is 41.1 Å². The molecule has 3 amide bonds. The molecule has 160 valence electrons. The fourth-order valence-corrected chi connectivity index (χ4v) is 2.54. The summed E-state index contributed by atoms with van der Waals surface area (Å²) in [6.45, 7) is -0.944. The molecule has 29 heavy (non-hydrogen) atoms. The molecule has 1 aromatic rings. The van der Waals surface area contributed by atoms with Crippen LogP contribution in [0, 0.1) is 0 Å². The maximum atomic E-state index is 13.5. The predicted molar refractivity (Wildman–Crippen MR) is 90.2 cm³/mol. The van der Waals surface area contributed by atoms with Gasteiger partial charge >= 0.3 is 12.6 Å². The molecule has 0 spiro atoms. The second kappa shape index (κ2) is 9.13. The average Bonchev–Trinajstić information content (AvgIpc) is 2.65. The molecule has 1 aliphatic heterocycles. The van der Waals surface area contributed by atoms with E-state index in [0.717, 1.165) is 17.0 Å². The summed E-state index contributed by atoms with van der Waals surface area (Å²) in [6, 6.07) is 1.12. The number of benzene rings is 1. The van der Waals surface area contributed by atoms with Crippen LogP contribution in [-0.4, -0.2) is 56.5 Å². The molecule has 1 heterocycles. The molecule has 1 aromatic carbocycles. The van der Waals surface area contributed by atoms with Crippen LogP contribution < -0.4 is 21.3 Å². The van der Waals surface area contributed by atoms with E-state index in [1.807, 2.05) is 0 Å². The fraction of sp³-hybridized carbons (Fsp3) is 0.438. The first kappa shape index (κ1) is 22.5. The third-order valence-corrected chi connectivity index (χ3v) is 3.91. The standard InChI is InChI=1S/C16H17F5N4O4/c17-13(18)15(28)24-10(6-22)14(27)23-8-1-2-11(9(5-8)16(19,20)21)25-3-4-29-7-12(25)26/h1-2,5,10,13H,3-4,6-7,22H2,(H,23,27)(H,24,28)/t10-/m0/s1. The number of nitrogens with two attached hydrogens (primary N) is 1. The molecule has 0 bridgehead atoms. The number of rotatable bonds is 6. The van der Waals surface area contributed by atoms with E-state index in [9.17, 15) is 36.3 Å². The number of nitrogens with one attached hydrogen (secondary N) is 2. The monoisotopic (exact) mass is 424 g/mol. The molecule has 0 saturated carbocycles. The van der Waals surface area contributed by atoms with Gasteiger partial charge in [0, 0.05) is 18.8 Å². The van der Waals surface area contributed by atoms with Gasteiger partial charge in [-0.05, 0) is 18.2 Å². The Balaban J connectivity index is 2.26. The highest BCUT2D eigenvalue weighted by Gasteiger charge is 2.37. The van der Waals surface area contributed by atoms with Crippen LogP contribution in [0.5, 0.6) is 0 Å². The number of anilines is 2. The highest BCUT2D eigenvalue weighted by molar-refractivity contribution is 5.99. The number of hydrogen-bond acceptors (Lipinski definition) is 5. The first-order valence-electron chi connectivity index (χ1n) is 8.23. The zero-order valence-electron chi connectivity index (χ0n) is 14.8. The number of amides is 3. The molecule has 1 aliphatic rings. The van der Waals surface area contributed by atoms with Gasteiger partial charge in [0.15, 0.2) is 0 Å². The Morgan fingerprint density at radius 2 is 1.93 bits per heavy atom. The van der Waals surface area contributed by atoms with Gasteiger partial charge in [0.2, 0.25) is 5.91 Å². The van der Waals surface area contributed by atoms with E-state index < -0.39 is 54.2 Å². The largest absolute Gasteiger partial charge is 0.418 e. The van der Waals surface area contributed by atoms with Crippen LogP contribution >= 0.6 is 0 Å². The van der Waals surface area contributed by atoms with Crippen LogP contribution in [0.15, 0.2) is 18.2 Å². The van der Waals surface area contributed by atoms with Crippen molar-refractivity contribution in [2.24, 2.45) is 5.73 Å². The molecule has 0 aromatic heterocycles. The number of alkyl halides is 5. The van der Waals surface area contributed by atoms with Crippen molar-refractivity contribution in [3.8, 4) is 0 Å². The van der Waals surface area contributed by atoms with Crippen molar-refractivity contribution in [3.63, 3.8) is 0 Å². The van der Waals surface area contributed by atoms with E-state index >= 15 is 0 Å². The molecular weight excluding hydrogens is 407 g/mol. The smallest absolute Gasteiger partial charge is 0.370 e. The van der Waals surface area contributed by atoms with Gasteiger partial charge in [-0.2, -0.15) is 22.0 Å². The average molecular weight is 424 g/mol. The van der Waals surface area contributed by atoms with Crippen LogP contribution in [0.4, 0.5) is 33.3 Å². The van der Waals surface area contributed by atoms with Gasteiger partial charge in [-0.3, -0.25) is 14.4 Å². The molecule has 8 nitrogen and oxygen atoms in total. The van der Waals surface area contributed by atoms with E-state index in [2.05, 4.69) is 5.32 Å². The Kier molecular flexibility index (Phi) is 7.08. The van der Waals surface area contributed by atoms with Crippen molar-refractivity contribution >= 4 is 29.1 Å². The molecule has 0 unspecified atom stereocenters. The van der Waals surface area contributed by atoms with Crippen molar-refractivity contribution in [2.45, 2.75) is 18.6 Å². The number of nitrogens with zero attached hydrogens (tertiary/aromatic N) is 1. The first-order valence-corrected chi connectivity index (χ1v) is 8.23. The Morgan fingerprint density at radius 1 is 1.24 bits per heavy atom. The SMILES string of the molecule is NC[C@H](NC(=O)C(F)F)C(=O)Nc1ccc(N2CCOCC2=O)c(C(F)(F)F)c1. The number of hydrogen-bond donors (Lipinski definition) is 3. The van der Waals surface area contributed by atoms with Crippen LogP contribution in [0.2, 0.25) is 0 Å². The van der Waals surface area contributed by atoms with E-state index in [1.54, 1.807) is 5.32 Å². The van der Waals surface area contributed by atoms with Gasteiger partial charge in [-0.15, -0.1) is 0 Å². The van der Waals surface area contributed by atoms with Crippen LogP contribution in [-0.2, 0) is 25.3 Å². The maximum Gasteiger partial charge on any atom is 0.418 e. The minimum Gasteiger partial charge on any atom is -0.370 e. The highest BCUT2D eigenvalue weighted by Crippen LogP contribution is 2.38. The summed E-state index contributed by atoms with van der Waals surface area (Å²) < 4.78 is 70.0. The maximum absolute atomic E-state index is 13.5. The molecule has 0 aliphatic carbocycles. The summed E-state index contributed by atoms with van der Waals surface area (Å²) in [7, 11) is 0. The molecule has 1 atom stereocenters. The van der Waals surface area contributed by atoms with Crippen LogP contribution in [0.3, 0.4) is 0 Å². The summed E-state index contributed by atoms with van der Waals surface area (Å²) in [4.78, 5) is 35.9. The van der Waals surface area contributed by atoms with Crippen LogP contribution in [0.25, 0.3) is 0 Å². The van der Waals surface area contributed by atoms with Gasteiger partial charge in [0.1, 0.15) is 12.6 Å². The molecular formula is C16H17F5N4O4. The Hall–Kier alpha value is -2.80. The third-order valence-electron chi connectivity index (χ3n) is 3.91. The summed E-state index contributed by atoms with van der Waals surface area (Å²) >= 11 is 0. The minimum atomic E-state index is -4.86. The Labute approximate surface area is 161 Å². The summed E-state index contributed by atoms with van der Waals surface area (Å²) in [5.74, 6) is -3.48. The lowest BCUT2D eigenvalue weighted by Crippen LogP contribution is -2.50. The lowest BCUT2D eigenvalue weighted by molar-refractivity contribution is -0.137. The number of halogens is 5. The van der Waals surface area contributed by atoms with E-state index in [4.69, 9.17) is 10.5 Å². The zero-order valence-corrected chi connectivity index (χ0v) is 14.8. The Morgan fingerprint density at radius 3 is 2.48 bits per heavy atom. The molecule has 1 saturated heterocycles. The minimum absolute atomic E-state index is 0.0591. The van der Waals surface area contributed by atoms with E-state index in [0.29, 0.717) is 6.07 Å².